The molecule has 0 N–H and O–H groups in total. The van der Waals surface area contributed by atoms with Crippen molar-refractivity contribution in [3.05, 3.63) is 40.3 Å². The zero-order valence-corrected chi connectivity index (χ0v) is 9.29. The van der Waals surface area contributed by atoms with Gasteiger partial charge in [-0.1, -0.05) is 29.1 Å². The van der Waals surface area contributed by atoms with Gasteiger partial charge in [-0.25, -0.2) is 0 Å². The van der Waals surface area contributed by atoms with Crippen LogP contribution in [0, 0.1) is 11.8 Å². The van der Waals surface area contributed by atoms with E-state index in [9.17, 15) is 0 Å². The minimum absolute atomic E-state index is 0.435. The second-order valence-electron chi connectivity index (χ2n) is 2.71. The van der Waals surface area contributed by atoms with E-state index >= 15 is 0 Å². The summed E-state index contributed by atoms with van der Waals surface area (Å²) in [6.45, 7) is 0.435. The van der Waals surface area contributed by atoms with Crippen LogP contribution in [0.4, 0.5) is 0 Å². The quantitative estimate of drug-likeness (QED) is 0.191. The number of hydrogen-bond donors (Lipinski definition) is 0. The smallest absolute Gasteiger partial charge is 0.0381 e. The summed E-state index contributed by atoms with van der Waals surface area (Å²) in [6.07, 6.45) is 2.63. The van der Waals surface area contributed by atoms with Crippen molar-refractivity contribution < 1.29 is 0 Å². The van der Waals surface area contributed by atoms with Crippen molar-refractivity contribution in [2.75, 3.05) is 12.8 Å². The van der Waals surface area contributed by atoms with Gasteiger partial charge in [0.1, 0.15) is 0 Å². The van der Waals surface area contributed by atoms with Crippen LogP contribution < -0.4 is 0 Å². The van der Waals surface area contributed by atoms with Gasteiger partial charge in [0.2, 0.25) is 0 Å². The molecule has 1 rings (SSSR count). The van der Waals surface area contributed by atoms with Gasteiger partial charge in [0.15, 0.2) is 0 Å². The van der Waals surface area contributed by atoms with Crippen LogP contribution in [0.15, 0.2) is 34.3 Å². The Hall–Kier alpha value is -1.56. The molecule has 1 aromatic carbocycles. The maximum absolute atomic E-state index is 8.07. The predicted molar refractivity (Wildman–Crippen MR) is 63.7 cm³/mol. The standard InChI is InChI=1S/C11H11N3S/c1-15-11-8-3-2-6-10(11)7-4-5-9-13-14-12/h2-3,6,8H,5,9H2,1H3. The van der Waals surface area contributed by atoms with E-state index in [2.05, 4.69) is 21.9 Å². The zero-order chi connectivity index (χ0) is 10.9. The van der Waals surface area contributed by atoms with E-state index in [1.54, 1.807) is 11.8 Å². The summed E-state index contributed by atoms with van der Waals surface area (Å²) in [6, 6.07) is 8.00. The predicted octanol–water partition coefficient (Wildman–Crippen LogP) is 3.46. The number of hydrogen-bond acceptors (Lipinski definition) is 2. The van der Waals surface area contributed by atoms with E-state index in [1.165, 1.54) is 4.90 Å². The lowest BCUT2D eigenvalue weighted by Crippen LogP contribution is -1.79. The Morgan fingerprint density at radius 1 is 1.47 bits per heavy atom. The Bertz CT molecular complexity index is 425. The van der Waals surface area contributed by atoms with E-state index in [1.807, 2.05) is 30.5 Å². The first-order valence-corrected chi connectivity index (χ1v) is 5.73. The molecule has 1 aromatic rings. The molecule has 0 fully saturated rings. The lowest BCUT2D eigenvalue weighted by atomic mass is 10.2. The minimum atomic E-state index is 0.435. The first kappa shape index (κ1) is 11.5. The SMILES string of the molecule is CSc1ccccc1C#CCCN=[N+]=[N-]. The largest absolute Gasteiger partial charge is 0.128 e. The lowest BCUT2D eigenvalue weighted by Gasteiger charge is -1.98. The van der Waals surface area contributed by atoms with Gasteiger partial charge in [-0.2, -0.15) is 0 Å². The summed E-state index contributed by atoms with van der Waals surface area (Å²) in [7, 11) is 0. The van der Waals surface area contributed by atoms with Crippen LogP contribution in [0.25, 0.3) is 10.4 Å². The van der Waals surface area contributed by atoms with Gasteiger partial charge in [0.25, 0.3) is 0 Å². The fourth-order valence-corrected chi connectivity index (χ4v) is 1.61. The molecule has 0 heterocycles. The third kappa shape index (κ3) is 3.99. The molecule has 0 aliphatic carbocycles. The number of rotatable bonds is 3. The van der Waals surface area contributed by atoms with E-state index in [-0.39, 0.29) is 0 Å². The van der Waals surface area contributed by atoms with Gasteiger partial charge in [-0.3, -0.25) is 0 Å². The Balaban J connectivity index is 2.66. The van der Waals surface area contributed by atoms with Crippen LogP contribution in [-0.2, 0) is 0 Å². The number of thioether (sulfide) groups is 1. The number of azide groups is 1. The molecule has 0 atom stereocenters. The van der Waals surface area contributed by atoms with Gasteiger partial charge in [-0.15, -0.1) is 11.8 Å². The highest BCUT2D eigenvalue weighted by atomic mass is 32.2. The summed E-state index contributed by atoms with van der Waals surface area (Å²) in [5.41, 5.74) is 9.10. The average molecular weight is 217 g/mol. The second kappa shape index (κ2) is 6.83. The van der Waals surface area contributed by atoms with Crippen LogP contribution in [0.5, 0.6) is 0 Å². The minimum Gasteiger partial charge on any atom is -0.128 e. The van der Waals surface area contributed by atoms with Gasteiger partial charge in [-0.05, 0) is 23.9 Å². The van der Waals surface area contributed by atoms with Crippen molar-refractivity contribution in [2.45, 2.75) is 11.3 Å². The molecule has 76 valence electrons. The molecule has 0 saturated carbocycles. The fourth-order valence-electron chi connectivity index (χ4n) is 1.06. The van der Waals surface area contributed by atoms with E-state index in [0.29, 0.717) is 13.0 Å². The highest BCUT2D eigenvalue weighted by Gasteiger charge is 1.94. The van der Waals surface area contributed by atoms with Crippen LogP contribution in [0.2, 0.25) is 0 Å². The van der Waals surface area contributed by atoms with Crippen molar-refractivity contribution in [3.8, 4) is 11.8 Å². The maximum atomic E-state index is 8.07. The molecular weight excluding hydrogens is 206 g/mol. The molecule has 0 spiro atoms. The number of nitrogens with zero attached hydrogens (tertiary/aromatic N) is 3. The van der Waals surface area contributed by atoms with Crippen LogP contribution in [-0.4, -0.2) is 12.8 Å². The fraction of sp³-hybridized carbons (Fsp3) is 0.273. The lowest BCUT2D eigenvalue weighted by molar-refractivity contribution is 1.01. The second-order valence-corrected chi connectivity index (χ2v) is 3.55. The zero-order valence-electron chi connectivity index (χ0n) is 8.47. The molecular formula is C11H11N3S. The normalized spacial score (nSPS) is 8.60. The van der Waals surface area contributed by atoms with E-state index in [4.69, 9.17) is 5.53 Å². The average Bonchev–Trinajstić information content (AvgIpc) is 2.29. The highest BCUT2D eigenvalue weighted by Crippen LogP contribution is 2.18. The summed E-state index contributed by atoms with van der Waals surface area (Å²) >= 11 is 1.68. The number of benzene rings is 1. The van der Waals surface area contributed by atoms with Crippen molar-refractivity contribution in [3.63, 3.8) is 0 Å². The molecule has 4 heteroatoms. The van der Waals surface area contributed by atoms with Gasteiger partial charge < -0.3 is 0 Å². The third-order valence-corrected chi connectivity index (χ3v) is 2.53. The van der Waals surface area contributed by atoms with Crippen molar-refractivity contribution in [1.29, 1.82) is 0 Å². The molecule has 0 bridgehead atoms. The molecule has 0 radical (unpaired) electrons. The summed E-state index contributed by atoms with van der Waals surface area (Å²) in [5, 5.41) is 3.42. The maximum Gasteiger partial charge on any atom is 0.0381 e. The summed E-state index contributed by atoms with van der Waals surface area (Å²) in [5.74, 6) is 6.05. The highest BCUT2D eigenvalue weighted by molar-refractivity contribution is 7.98. The van der Waals surface area contributed by atoms with Crippen LogP contribution >= 0.6 is 11.8 Å². The Morgan fingerprint density at radius 2 is 2.27 bits per heavy atom. The molecule has 3 nitrogen and oxygen atoms in total. The molecule has 0 saturated heterocycles. The molecule has 0 aromatic heterocycles. The van der Waals surface area contributed by atoms with Crippen molar-refractivity contribution in [2.24, 2.45) is 5.11 Å². The van der Waals surface area contributed by atoms with Crippen molar-refractivity contribution >= 4 is 11.8 Å². The van der Waals surface area contributed by atoms with Gasteiger partial charge >= 0.3 is 0 Å². The summed E-state index contributed by atoms with van der Waals surface area (Å²) < 4.78 is 0. The third-order valence-electron chi connectivity index (χ3n) is 1.73. The topological polar surface area (TPSA) is 48.8 Å². The first-order chi connectivity index (χ1) is 7.38. The van der Waals surface area contributed by atoms with Crippen LogP contribution in [0.1, 0.15) is 12.0 Å². The molecule has 15 heavy (non-hydrogen) atoms. The molecule has 0 amide bonds. The van der Waals surface area contributed by atoms with E-state index < -0.39 is 0 Å². The monoisotopic (exact) mass is 217 g/mol. The van der Waals surface area contributed by atoms with E-state index in [0.717, 1.165) is 5.56 Å². The first-order valence-electron chi connectivity index (χ1n) is 4.51. The van der Waals surface area contributed by atoms with Gasteiger partial charge in [0, 0.05) is 28.3 Å². The molecule has 0 aliphatic heterocycles. The Labute approximate surface area is 93.5 Å². The Kier molecular flexibility index (Phi) is 5.24. The van der Waals surface area contributed by atoms with Crippen LogP contribution in [0.3, 0.4) is 0 Å². The Morgan fingerprint density at radius 3 is 3.00 bits per heavy atom. The molecule has 0 aliphatic rings. The van der Waals surface area contributed by atoms with Gasteiger partial charge in [0.05, 0.1) is 0 Å². The summed E-state index contributed by atoms with van der Waals surface area (Å²) in [4.78, 5) is 3.84. The molecule has 0 unspecified atom stereocenters. The van der Waals surface area contributed by atoms with Crippen molar-refractivity contribution in [1.82, 2.24) is 0 Å².